The number of nitrogens with one attached hydrogen (secondary N) is 1. The number of halogens is 1. The first-order chi connectivity index (χ1) is 12.7. The molecule has 0 unspecified atom stereocenters. The van der Waals surface area contributed by atoms with Gasteiger partial charge >= 0.3 is 0 Å². The molecule has 2 aromatic carbocycles. The van der Waals surface area contributed by atoms with Crippen LogP contribution in [0.5, 0.6) is 0 Å². The summed E-state index contributed by atoms with van der Waals surface area (Å²) in [7, 11) is -3.58. The van der Waals surface area contributed by atoms with Gasteiger partial charge < -0.3 is 5.32 Å². The number of amides is 1. The van der Waals surface area contributed by atoms with E-state index in [-0.39, 0.29) is 18.5 Å². The van der Waals surface area contributed by atoms with Gasteiger partial charge in [-0.2, -0.15) is 0 Å². The van der Waals surface area contributed by atoms with Crippen molar-refractivity contribution in [3.8, 4) is 0 Å². The lowest BCUT2D eigenvalue weighted by molar-refractivity contribution is -0.120. The number of rotatable bonds is 6. The fourth-order valence-corrected chi connectivity index (χ4v) is 4.49. The Morgan fingerprint density at radius 2 is 1.81 bits per heavy atom. The molecule has 1 N–H and O–H groups in total. The normalized spacial score (nSPS) is 14.5. The molecule has 1 amide bonds. The second-order valence-corrected chi connectivity index (χ2v) is 9.74. The minimum Gasteiger partial charge on any atom is -0.348 e. The smallest absolute Gasteiger partial charge is 0.241 e. The topological polar surface area (TPSA) is 66.5 Å². The molecule has 0 saturated heterocycles. The predicted octanol–water partition coefficient (Wildman–Crippen LogP) is 3.58. The third-order valence-corrected chi connectivity index (χ3v) is 6.47. The largest absolute Gasteiger partial charge is 0.348 e. The van der Waals surface area contributed by atoms with Gasteiger partial charge in [0.05, 0.1) is 18.0 Å². The van der Waals surface area contributed by atoms with E-state index >= 15 is 0 Å². The highest BCUT2D eigenvalue weighted by Gasteiger charge is 2.22. The number of carbonyl (C=O) groups excluding carboxylic acids is 1. The lowest BCUT2D eigenvalue weighted by Gasteiger charge is -2.23. The van der Waals surface area contributed by atoms with E-state index < -0.39 is 10.0 Å². The minimum absolute atomic E-state index is 0.185. The number of sulfonamides is 1. The Bertz CT molecular complexity index is 942. The number of benzene rings is 2. The average molecular weight is 451 g/mol. The molecule has 0 bridgehead atoms. The molecule has 144 valence electrons. The van der Waals surface area contributed by atoms with E-state index in [2.05, 4.69) is 33.4 Å². The van der Waals surface area contributed by atoms with Gasteiger partial charge in [-0.25, -0.2) is 8.42 Å². The van der Waals surface area contributed by atoms with E-state index in [1.54, 1.807) is 24.3 Å². The lowest BCUT2D eigenvalue weighted by Crippen LogP contribution is -2.41. The van der Waals surface area contributed by atoms with Crippen LogP contribution < -0.4 is 9.62 Å². The molecule has 0 aliphatic heterocycles. The van der Waals surface area contributed by atoms with Gasteiger partial charge in [-0.15, -0.1) is 0 Å². The van der Waals surface area contributed by atoms with Gasteiger partial charge in [0.1, 0.15) is 6.54 Å². The zero-order chi connectivity index (χ0) is 19.6. The molecule has 0 aromatic heterocycles. The fraction of sp³-hybridized carbons (Fsp3) is 0.350. The highest BCUT2D eigenvalue weighted by molar-refractivity contribution is 9.10. The Morgan fingerprint density at radius 3 is 2.48 bits per heavy atom. The second kappa shape index (κ2) is 8.02. The number of hydrogen-bond donors (Lipinski definition) is 1. The maximum absolute atomic E-state index is 12.5. The Morgan fingerprint density at radius 1 is 1.15 bits per heavy atom. The first kappa shape index (κ1) is 19.9. The van der Waals surface area contributed by atoms with Crippen LogP contribution in [-0.4, -0.2) is 27.1 Å². The maximum Gasteiger partial charge on any atom is 0.241 e. The zero-order valence-electron chi connectivity index (χ0n) is 15.4. The summed E-state index contributed by atoms with van der Waals surface area (Å²) in [6, 6.07) is 13.0. The standard InChI is InChI=1S/C20H23BrN2O3S/c1-14(16-7-6-15-4-3-5-17(15)12-16)22-20(24)13-23(27(2,25)26)19-10-8-18(21)9-11-19/h6-12,14H,3-5,13H2,1-2H3,(H,22,24)/t14-/m0/s1. The minimum atomic E-state index is -3.58. The maximum atomic E-state index is 12.5. The molecule has 1 atom stereocenters. The summed E-state index contributed by atoms with van der Waals surface area (Å²) in [6.45, 7) is 1.66. The molecule has 1 aliphatic carbocycles. The van der Waals surface area contributed by atoms with Crippen molar-refractivity contribution in [1.82, 2.24) is 5.32 Å². The van der Waals surface area contributed by atoms with Crippen molar-refractivity contribution in [3.05, 3.63) is 63.6 Å². The van der Waals surface area contributed by atoms with Gasteiger partial charge in [0.15, 0.2) is 0 Å². The quantitative estimate of drug-likeness (QED) is 0.730. The van der Waals surface area contributed by atoms with Crippen LogP contribution in [-0.2, 0) is 27.7 Å². The van der Waals surface area contributed by atoms with Crippen molar-refractivity contribution in [3.63, 3.8) is 0 Å². The van der Waals surface area contributed by atoms with Gasteiger partial charge in [-0.05, 0) is 67.1 Å². The molecule has 1 aliphatic rings. The molecule has 0 spiro atoms. The molecule has 27 heavy (non-hydrogen) atoms. The monoisotopic (exact) mass is 450 g/mol. The fourth-order valence-electron chi connectivity index (χ4n) is 3.37. The number of aryl methyl sites for hydroxylation is 2. The molecule has 0 heterocycles. The predicted molar refractivity (Wildman–Crippen MR) is 111 cm³/mol. The molecule has 7 heteroatoms. The van der Waals surface area contributed by atoms with Crippen LogP contribution >= 0.6 is 15.9 Å². The molecule has 0 fully saturated rings. The van der Waals surface area contributed by atoms with Crippen LogP contribution in [0.3, 0.4) is 0 Å². The van der Waals surface area contributed by atoms with Crippen molar-refractivity contribution in [2.24, 2.45) is 0 Å². The number of carbonyl (C=O) groups is 1. The molecular formula is C20H23BrN2O3S. The van der Waals surface area contributed by atoms with Gasteiger partial charge in [0.2, 0.25) is 15.9 Å². The summed E-state index contributed by atoms with van der Waals surface area (Å²) in [5.74, 6) is -0.337. The van der Waals surface area contributed by atoms with Crippen LogP contribution in [0.1, 0.15) is 36.1 Å². The highest BCUT2D eigenvalue weighted by atomic mass is 79.9. The van der Waals surface area contributed by atoms with Crippen molar-refractivity contribution in [2.45, 2.75) is 32.2 Å². The Labute approximate surface area is 169 Å². The number of nitrogens with zero attached hydrogens (tertiary/aromatic N) is 1. The van der Waals surface area contributed by atoms with Gasteiger partial charge in [-0.1, -0.05) is 34.1 Å². The van der Waals surface area contributed by atoms with Crippen molar-refractivity contribution in [2.75, 3.05) is 17.1 Å². The summed E-state index contributed by atoms with van der Waals surface area (Å²) < 4.78 is 26.3. The SMILES string of the molecule is C[C@H](NC(=O)CN(c1ccc(Br)cc1)S(C)(=O)=O)c1ccc2c(c1)CCC2. The summed E-state index contributed by atoms with van der Waals surface area (Å²) in [5.41, 5.74) is 4.23. The van der Waals surface area contributed by atoms with Crippen LogP contribution in [0.2, 0.25) is 0 Å². The summed E-state index contributed by atoms with van der Waals surface area (Å²) in [6.07, 6.45) is 4.48. The first-order valence-corrected chi connectivity index (χ1v) is 11.5. The van der Waals surface area contributed by atoms with E-state index in [1.807, 2.05) is 13.0 Å². The number of fused-ring (bicyclic) bond motifs is 1. The Kier molecular flexibility index (Phi) is 5.91. The molecule has 5 nitrogen and oxygen atoms in total. The third kappa shape index (κ3) is 4.90. The first-order valence-electron chi connectivity index (χ1n) is 8.88. The van der Waals surface area contributed by atoms with Crippen LogP contribution in [0, 0.1) is 0 Å². The van der Waals surface area contributed by atoms with Crippen LogP contribution in [0.15, 0.2) is 46.9 Å². The molecule has 2 aromatic rings. The van der Waals surface area contributed by atoms with E-state index in [0.717, 1.165) is 33.4 Å². The van der Waals surface area contributed by atoms with Crippen molar-refractivity contribution < 1.29 is 13.2 Å². The molecule has 0 saturated carbocycles. The third-order valence-electron chi connectivity index (χ3n) is 4.80. The molecule has 3 rings (SSSR count). The number of hydrogen-bond acceptors (Lipinski definition) is 3. The van der Waals surface area contributed by atoms with E-state index in [1.165, 1.54) is 17.5 Å². The van der Waals surface area contributed by atoms with Crippen molar-refractivity contribution in [1.29, 1.82) is 0 Å². The zero-order valence-corrected chi connectivity index (χ0v) is 17.8. The van der Waals surface area contributed by atoms with Crippen LogP contribution in [0.4, 0.5) is 5.69 Å². The van der Waals surface area contributed by atoms with Crippen LogP contribution in [0.25, 0.3) is 0 Å². The summed E-state index contributed by atoms with van der Waals surface area (Å²) in [5, 5.41) is 2.92. The summed E-state index contributed by atoms with van der Waals surface area (Å²) >= 11 is 3.33. The summed E-state index contributed by atoms with van der Waals surface area (Å²) in [4.78, 5) is 12.5. The second-order valence-electron chi connectivity index (χ2n) is 6.92. The lowest BCUT2D eigenvalue weighted by atomic mass is 10.0. The molecular weight excluding hydrogens is 428 g/mol. The van der Waals surface area contributed by atoms with Crippen molar-refractivity contribution >= 4 is 37.5 Å². The van der Waals surface area contributed by atoms with E-state index in [9.17, 15) is 13.2 Å². The van der Waals surface area contributed by atoms with Gasteiger partial charge in [0.25, 0.3) is 0 Å². The van der Waals surface area contributed by atoms with E-state index in [0.29, 0.717) is 5.69 Å². The highest BCUT2D eigenvalue weighted by Crippen LogP contribution is 2.25. The van der Waals surface area contributed by atoms with E-state index in [4.69, 9.17) is 0 Å². The average Bonchev–Trinajstić information content (AvgIpc) is 3.07. The number of anilines is 1. The van der Waals surface area contributed by atoms with Gasteiger partial charge in [0, 0.05) is 4.47 Å². The Hall–Kier alpha value is -1.86. The molecule has 0 radical (unpaired) electrons. The van der Waals surface area contributed by atoms with Gasteiger partial charge in [-0.3, -0.25) is 9.10 Å². The Balaban J connectivity index is 1.71.